The number of nitrogens with one attached hydrogen (secondary N) is 1. The van der Waals surface area contributed by atoms with Crippen molar-refractivity contribution in [2.75, 3.05) is 11.9 Å². The van der Waals surface area contributed by atoms with Crippen molar-refractivity contribution < 1.29 is 18.7 Å². The predicted octanol–water partition coefficient (Wildman–Crippen LogP) is 6.58. The Balaban J connectivity index is 1.97. The first-order chi connectivity index (χ1) is 15.3. The van der Waals surface area contributed by atoms with Crippen molar-refractivity contribution in [3.8, 4) is 17.2 Å². The normalized spacial score (nSPS) is 11.0. The first-order valence-corrected chi connectivity index (χ1v) is 10.9. The lowest BCUT2D eigenvalue weighted by Gasteiger charge is -2.09. The summed E-state index contributed by atoms with van der Waals surface area (Å²) in [4.78, 5) is 25.4. The molecule has 3 rings (SSSR count). The zero-order chi connectivity index (χ0) is 23.3. The molecule has 162 valence electrons. The van der Waals surface area contributed by atoms with Gasteiger partial charge in [0.15, 0.2) is 0 Å². The van der Waals surface area contributed by atoms with Crippen LogP contribution in [0.15, 0.2) is 53.4 Å². The summed E-state index contributed by atoms with van der Waals surface area (Å²) in [6.45, 7) is 1.79. The molecule has 0 aliphatic carbocycles. The lowest BCUT2D eigenvalue weighted by Crippen LogP contribution is -2.16. The number of hydrogen-bond acceptors (Lipinski definition) is 5. The van der Waals surface area contributed by atoms with E-state index in [4.69, 9.17) is 27.9 Å². The van der Waals surface area contributed by atoms with E-state index in [1.54, 1.807) is 24.4 Å². The van der Waals surface area contributed by atoms with Gasteiger partial charge in [-0.05, 0) is 48.4 Å². The van der Waals surface area contributed by atoms with Gasteiger partial charge in [0.25, 0.3) is 5.91 Å². The van der Waals surface area contributed by atoms with Crippen LogP contribution >= 0.6 is 34.5 Å². The number of nitriles is 1. The van der Waals surface area contributed by atoms with Gasteiger partial charge in [-0.1, -0.05) is 41.4 Å². The van der Waals surface area contributed by atoms with E-state index in [2.05, 4.69) is 5.32 Å². The van der Waals surface area contributed by atoms with E-state index in [0.29, 0.717) is 21.7 Å². The lowest BCUT2D eigenvalue weighted by molar-refractivity contribution is -0.112. The Kier molecular flexibility index (Phi) is 7.65. The third kappa shape index (κ3) is 5.35. The Morgan fingerprint density at radius 1 is 1.22 bits per heavy atom. The van der Waals surface area contributed by atoms with E-state index >= 15 is 0 Å². The Morgan fingerprint density at radius 2 is 1.94 bits per heavy atom. The monoisotopic (exact) mass is 488 g/mol. The molecule has 32 heavy (non-hydrogen) atoms. The molecule has 3 aromatic rings. The number of thiophene rings is 1. The Labute approximate surface area is 197 Å². The molecule has 0 unspecified atom stereocenters. The third-order valence-corrected chi connectivity index (χ3v) is 5.74. The van der Waals surface area contributed by atoms with Crippen LogP contribution in [0.25, 0.3) is 17.2 Å². The second-order valence-electron chi connectivity index (χ2n) is 6.37. The van der Waals surface area contributed by atoms with E-state index in [-0.39, 0.29) is 27.8 Å². The average molecular weight is 489 g/mol. The number of esters is 1. The molecule has 1 heterocycles. The summed E-state index contributed by atoms with van der Waals surface area (Å²) in [7, 11) is 0. The van der Waals surface area contributed by atoms with Gasteiger partial charge in [0.1, 0.15) is 28.0 Å². The maximum absolute atomic E-state index is 13.3. The number of benzene rings is 2. The van der Waals surface area contributed by atoms with Crippen LogP contribution in [0.5, 0.6) is 0 Å². The zero-order valence-corrected chi connectivity index (χ0v) is 18.9. The maximum atomic E-state index is 13.3. The van der Waals surface area contributed by atoms with Gasteiger partial charge >= 0.3 is 5.97 Å². The summed E-state index contributed by atoms with van der Waals surface area (Å²) in [5.74, 6) is -1.79. The van der Waals surface area contributed by atoms with Crippen LogP contribution in [0.3, 0.4) is 0 Å². The van der Waals surface area contributed by atoms with Gasteiger partial charge in [-0.15, -0.1) is 11.3 Å². The summed E-state index contributed by atoms with van der Waals surface area (Å²) in [6.07, 6.45) is 1.33. The Morgan fingerprint density at radius 3 is 2.56 bits per heavy atom. The standard InChI is InChI=1S/C23H15Cl2FN2O3S/c1-2-31-23(30)20-18(13-4-7-17(26)8-5-13)12-32-22(20)28-21(29)15(11-27)9-14-3-6-16(24)10-19(14)25/h3-10,12H,2H2,1H3,(H,28,29). The number of amides is 1. The molecule has 1 aromatic heterocycles. The van der Waals surface area contributed by atoms with Crippen LogP contribution in [0, 0.1) is 17.1 Å². The van der Waals surface area contributed by atoms with Crippen LogP contribution in [-0.2, 0) is 9.53 Å². The molecule has 0 aliphatic heterocycles. The Hall–Kier alpha value is -3.18. The topological polar surface area (TPSA) is 79.2 Å². The first-order valence-electron chi connectivity index (χ1n) is 9.26. The summed E-state index contributed by atoms with van der Waals surface area (Å²) in [6, 6.07) is 12.1. The number of nitrogens with zero attached hydrogens (tertiary/aromatic N) is 1. The molecule has 0 radical (unpaired) electrons. The van der Waals surface area contributed by atoms with Crippen LogP contribution in [0.2, 0.25) is 10.0 Å². The van der Waals surface area contributed by atoms with Crippen LogP contribution in [0.4, 0.5) is 9.39 Å². The quantitative estimate of drug-likeness (QED) is 0.241. The number of halogens is 3. The van der Waals surface area contributed by atoms with Crippen molar-refractivity contribution >= 4 is 57.5 Å². The van der Waals surface area contributed by atoms with Crippen LogP contribution in [-0.4, -0.2) is 18.5 Å². The molecular formula is C23H15Cl2FN2O3S. The number of carbonyl (C=O) groups is 2. The van der Waals surface area contributed by atoms with Crippen molar-refractivity contribution in [2.24, 2.45) is 0 Å². The van der Waals surface area contributed by atoms with E-state index < -0.39 is 17.7 Å². The van der Waals surface area contributed by atoms with Gasteiger partial charge in [-0.25, -0.2) is 9.18 Å². The molecule has 0 spiro atoms. The van der Waals surface area contributed by atoms with E-state index in [9.17, 15) is 19.2 Å². The molecule has 5 nitrogen and oxygen atoms in total. The minimum Gasteiger partial charge on any atom is -0.462 e. The van der Waals surface area contributed by atoms with Crippen LogP contribution in [0.1, 0.15) is 22.8 Å². The number of carbonyl (C=O) groups excluding carboxylic acids is 2. The third-order valence-electron chi connectivity index (χ3n) is 4.28. The number of ether oxygens (including phenoxy) is 1. The van der Waals surface area contributed by atoms with Gasteiger partial charge in [-0.3, -0.25) is 4.79 Å². The largest absolute Gasteiger partial charge is 0.462 e. The highest BCUT2D eigenvalue weighted by Gasteiger charge is 2.24. The van der Waals surface area contributed by atoms with Gasteiger partial charge < -0.3 is 10.1 Å². The van der Waals surface area contributed by atoms with Gasteiger partial charge in [0, 0.05) is 21.0 Å². The van der Waals surface area contributed by atoms with Crippen molar-refractivity contribution in [2.45, 2.75) is 6.92 Å². The number of hydrogen-bond donors (Lipinski definition) is 1. The minimum atomic E-state index is -0.725. The fourth-order valence-corrected chi connectivity index (χ4v) is 4.21. The highest BCUT2D eigenvalue weighted by Crippen LogP contribution is 2.36. The summed E-state index contributed by atoms with van der Waals surface area (Å²) in [5, 5.41) is 14.6. The molecule has 0 atom stereocenters. The van der Waals surface area contributed by atoms with Crippen molar-refractivity contribution in [3.05, 3.63) is 80.4 Å². The maximum Gasteiger partial charge on any atom is 0.341 e. The molecule has 1 N–H and O–H groups in total. The second kappa shape index (κ2) is 10.4. The summed E-state index contributed by atoms with van der Waals surface area (Å²) >= 11 is 13.1. The highest BCUT2D eigenvalue weighted by molar-refractivity contribution is 7.15. The molecule has 0 bridgehead atoms. The summed E-state index contributed by atoms with van der Waals surface area (Å²) < 4.78 is 18.5. The Bertz CT molecular complexity index is 1250. The highest BCUT2D eigenvalue weighted by atomic mass is 35.5. The number of anilines is 1. The van der Waals surface area contributed by atoms with Crippen molar-refractivity contribution in [1.29, 1.82) is 5.26 Å². The van der Waals surface area contributed by atoms with E-state index in [1.807, 2.05) is 6.07 Å². The molecule has 0 saturated heterocycles. The van der Waals surface area contributed by atoms with Crippen LogP contribution < -0.4 is 5.32 Å². The molecule has 1 amide bonds. The molecule has 0 saturated carbocycles. The smallest absolute Gasteiger partial charge is 0.341 e. The molecule has 9 heteroatoms. The number of rotatable bonds is 6. The fraction of sp³-hybridized carbons (Fsp3) is 0.0870. The first kappa shape index (κ1) is 23.5. The predicted molar refractivity (Wildman–Crippen MR) is 124 cm³/mol. The SMILES string of the molecule is CCOC(=O)c1c(-c2ccc(F)cc2)csc1NC(=O)C(C#N)=Cc1ccc(Cl)cc1Cl. The lowest BCUT2D eigenvalue weighted by atomic mass is 10.0. The van der Waals surface area contributed by atoms with Gasteiger partial charge in [-0.2, -0.15) is 5.26 Å². The minimum absolute atomic E-state index is 0.124. The molecule has 0 fully saturated rings. The summed E-state index contributed by atoms with van der Waals surface area (Å²) in [5.41, 5.74) is 1.40. The van der Waals surface area contributed by atoms with Crippen molar-refractivity contribution in [1.82, 2.24) is 0 Å². The molecule has 2 aromatic carbocycles. The second-order valence-corrected chi connectivity index (χ2v) is 8.09. The van der Waals surface area contributed by atoms with E-state index in [1.165, 1.54) is 36.4 Å². The van der Waals surface area contributed by atoms with Gasteiger partial charge in [0.05, 0.1) is 6.61 Å². The average Bonchev–Trinajstić information content (AvgIpc) is 3.17. The fourth-order valence-electron chi connectivity index (χ4n) is 2.79. The molecular weight excluding hydrogens is 474 g/mol. The van der Waals surface area contributed by atoms with E-state index in [0.717, 1.165) is 11.3 Å². The molecule has 0 aliphatic rings. The zero-order valence-electron chi connectivity index (χ0n) is 16.6. The van der Waals surface area contributed by atoms with Gasteiger partial charge in [0.2, 0.25) is 0 Å². The van der Waals surface area contributed by atoms with Crippen molar-refractivity contribution in [3.63, 3.8) is 0 Å².